The number of nitrogens with one attached hydrogen (secondary N) is 1. The van der Waals surface area contributed by atoms with E-state index in [1.165, 1.54) is 12.1 Å². The van der Waals surface area contributed by atoms with Crippen LogP contribution in [-0.4, -0.2) is 54.5 Å². The van der Waals surface area contributed by atoms with E-state index >= 15 is 0 Å². The molecule has 0 radical (unpaired) electrons. The van der Waals surface area contributed by atoms with Gasteiger partial charge in [0.2, 0.25) is 10.0 Å². The molecule has 0 amide bonds. The fourth-order valence-corrected chi connectivity index (χ4v) is 3.95. The van der Waals surface area contributed by atoms with Gasteiger partial charge < -0.3 is 5.11 Å². The molecule has 0 aromatic heterocycles. The van der Waals surface area contributed by atoms with Crippen LogP contribution in [0.25, 0.3) is 0 Å². The normalized spacial score (nSPS) is 20.6. The Kier molecular flexibility index (Phi) is 5.52. The van der Waals surface area contributed by atoms with Crippen LogP contribution >= 0.6 is 0 Å². The van der Waals surface area contributed by atoms with Gasteiger partial charge in [0.05, 0.1) is 16.4 Å². The zero-order valence-corrected chi connectivity index (χ0v) is 13.9. The Balaban J connectivity index is 1.94. The van der Waals surface area contributed by atoms with Crippen molar-refractivity contribution in [3.63, 3.8) is 0 Å². The van der Waals surface area contributed by atoms with Crippen molar-refractivity contribution < 1.29 is 23.2 Å². The Hall–Kier alpha value is -2.04. The van der Waals surface area contributed by atoms with E-state index in [1.54, 1.807) is 4.90 Å². The van der Waals surface area contributed by atoms with Gasteiger partial charge in [-0.15, -0.1) is 0 Å². The molecule has 2 N–H and O–H groups in total. The maximum absolute atomic E-state index is 12.3. The van der Waals surface area contributed by atoms with Gasteiger partial charge in [-0.25, -0.2) is 13.1 Å². The quantitative estimate of drug-likeness (QED) is 0.520. The van der Waals surface area contributed by atoms with Crippen molar-refractivity contribution in [3.8, 4) is 0 Å². The third-order valence-electron chi connectivity index (χ3n) is 4.05. The van der Waals surface area contributed by atoms with Gasteiger partial charge in [0.1, 0.15) is 0 Å². The third kappa shape index (κ3) is 4.28. The van der Waals surface area contributed by atoms with Crippen molar-refractivity contribution >= 4 is 21.7 Å². The second-order valence-electron chi connectivity index (χ2n) is 5.65. The van der Waals surface area contributed by atoms with Crippen LogP contribution in [0.2, 0.25) is 0 Å². The van der Waals surface area contributed by atoms with Gasteiger partial charge >= 0.3 is 5.97 Å². The summed E-state index contributed by atoms with van der Waals surface area (Å²) in [6.45, 7) is 2.37. The van der Waals surface area contributed by atoms with Gasteiger partial charge in [0, 0.05) is 24.2 Å². The highest BCUT2D eigenvalue weighted by Crippen LogP contribution is 2.27. The van der Waals surface area contributed by atoms with E-state index in [-0.39, 0.29) is 29.2 Å². The number of likely N-dealkylation sites (N-methyl/N-ethyl adjacent to an activating group) is 1. The molecular formula is C14H19N3O6S. The number of carboxylic acid groups (broad SMARTS) is 1. The lowest BCUT2D eigenvalue weighted by Gasteiger charge is -2.42. The second-order valence-corrected chi connectivity index (χ2v) is 7.37. The van der Waals surface area contributed by atoms with Crippen LogP contribution in [0.3, 0.4) is 0 Å². The first kappa shape index (κ1) is 18.3. The number of non-ortho nitro benzene ring substituents is 1. The number of carbonyl (C=O) groups is 1. The lowest BCUT2D eigenvalue weighted by Crippen LogP contribution is -2.54. The summed E-state index contributed by atoms with van der Waals surface area (Å²) in [6.07, 6.45) is 1.07. The fourth-order valence-electron chi connectivity index (χ4n) is 2.69. The standard InChI is InChI=1S/C14H19N3O6S/c1-2-16(9-14(18)19)12-7-10(8-12)15-24(22,23)13-5-3-11(4-6-13)17(20)21/h3-6,10,12,15H,2,7-9H2,1H3,(H,18,19). The molecule has 0 aliphatic heterocycles. The minimum absolute atomic E-state index is 0.0329. The van der Waals surface area contributed by atoms with Gasteiger partial charge in [-0.05, 0) is 31.5 Å². The Bertz CT molecular complexity index is 713. The van der Waals surface area contributed by atoms with Crippen molar-refractivity contribution in [1.29, 1.82) is 0 Å². The molecule has 132 valence electrons. The SMILES string of the molecule is CCN(CC(=O)O)C1CC(NS(=O)(=O)c2ccc([N+](=O)[O-])cc2)C1. The summed E-state index contributed by atoms with van der Waals surface area (Å²) in [5.74, 6) is -0.910. The van der Waals surface area contributed by atoms with Crippen LogP contribution in [0.15, 0.2) is 29.2 Å². The highest BCUT2D eigenvalue weighted by Gasteiger charge is 2.36. The number of nitro groups is 1. The minimum Gasteiger partial charge on any atom is -0.480 e. The monoisotopic (exact) mass is 357 g/mol. The van der Waals surface area contributed by atoms with E-state index in [0.717, 1.165) is 12.1 Å². The molecule has 9 nitrogen and oxygen atoms in total. The molecule has 1 saturated carbocycles. The molecule has 24 heavy (non-hydrogen) atoms. The van der Waals surface area contributed by atoms with Crippen LogP contribution in [0, 0.1) is 10.1 Å². The zero-order valence-electron chi connectivity index (χ0n) is 13.1. The highest BCUT2D eigenvalue weighted by atomic mass is 32.2. The lowest BCUT2D eigenvalue weighted by molar-refractivity contribution is -0.384. The maximum Gasteiger partial charge on any atom is 0.317 e. The molecule has 0 atom stereocenters. The van der Waals surface area contributed by atoms with E-state index in [0.29, 0.717) is 19.4 Å². The average Bonchev–Trinajstić information content (AvgIpc) is 2.48. The van der Waals surface area contributed by atoms with E-state index in [4.69, 9.17) is 5.11 Å². The van der Waals surface area contributed by atoms with Crippen molar-refractivity contribution in [2.24, 2.45) is 0 Å². The van der Waals surface area contributed by atoms with Crippen LogP contribution in [0.1, 0.15) is 19.8 Å². The first-order valence-corrected chi connectivity index (χ1v) is 8.94. The number of carboxylic acids is 1. The fraction of sp³-hybridized carbons (Fsp3) is 0.500. The molecule has 0 heterocycles. The van der Waals surface area contributed by atoms with Gasteiger partial charge in [-0.3, -0.25) is 19.8 Å². The van der Waals surface area contributed by atoms with Gasteiger partial charge in [-0.1, -0.05) is 6.92 Å². The van der Waals surface area contributed by atoms with Gasteiger partial charge in [-0.2, -0.15) is 0 Å². The van der Waals surface area contributed by atoms with Crippen molar-refractivity contribution in [3.05, 3.63) is 34.4 Å². The molecule has 0 spiro atoms. The van der Waals surface area contributed by atoms with Crippen LogP contribution < -0.4 is 4.72 Å². The molecule has 1 aromatic carbocycles. The number of sulfonamides is 1. The predicted molar refractivity (Wildman–Crippen MR) is 85.1 cm³/mol. The van der Waals surface area contributed by atoms with E-state index in [2.05, 4.69) is 4.72 Å². The molecule has 1 fully saturated rings. The van der Waals surface area contributed by atoms with Crippen LogP contribution in [0.4, 0.5) is 5.69 Å². The highest BCUT2D eigenvalue weighted by molar-refractivity contribution is 7.89. The predicted octanol–water partition coefficient (Wildman–Crippen LogP) is 0.811. The summed E-state index contributed by atoms with van der Waals surface area (Å²) in [5, 5.41) is 19.4. The van der Waals surface area contributed by atoms with Crippen LogP contribution in [-0.2, 0) is 14.8 Å². The number of rotatable bonds is 8. The smallest absolute Gasteiger partial charge is 0.317 e. The lowest BCUT2D eigenvalue weighted by atomic mass is 9.86. The average molecular weight is 357 g/mol. The molecule has 1 aliphatic rings. The number of hydrogen-bond acceptors (Lipinski definition) is 6. The largest absolute Gasteiger partial charge is 0.480 e. The van der Waals surface area contributed by atoms with Crippen molar-refractivity contribution in [2.45, 2.75) is 36.7 Å². The molecule has 1 aromatic rings. The molecule has 2 rings (SSSR count). The molecule has 10 heteroatoms. The second kappa shape index (κ2) is 7.24. The number of nitrogens with zero attached hydrogens (tertiary/aromatic N) is 2. The Labute approximate surface area is 139 Å². The summed E-state index contributed by atoms with van der Waals surface area (Å²) in [6, 6.07) is 4.44. The first-order chi connectivity index (χ1) is 11.2. The van der Waals surface area contributed by atoms with Crippen molar-refractivity contribution in [2.75, 3.05) is 13.1 Å². The zero-order chi connectivity index (χ0) is 17.9. The van der Waals surface area contributed by atoms with E-state index < -0.39 is 20.9 Å². The number of benzene rings is 1. The third-order valence-corrected chi connectivity index (χ3v) is 5.59. The summed E-state index contributed by atoms with van der Waals surface area (Å²) >= 11 is 0. The molecule has 0 unspecified atom stereocenters. The number of hydrogen-bond donors (Lipinski definition) is 2. The summed E-state index contributed by atoms with van der Waals surface area (Å²) in [5.41, 5.74) is -0.176. The van der Waals surface area contributed by atoms with E-state index in [9.17, 15) is 23.3 Å². The first-order valence-electron chi connectivity index (χ1n) is 7.45. The number of aliphatic carboxylic acids is 1. The molecular weight excluding hydrogens is 338 g/mol. The Morgan fingerprint density at radius 2 is 1.96 bits per heavy atom. The molecule has 0 saturated heterocycles. The van der Waals surface area contributed by atoms with E-state index in [1.807, 2.05) is 6.92 Å². The maximum atomic E-state index is 12.3. The van der Waals surface area contributed by atoms with Crippen LogP contribution in [0.5, 0.6) is 0 Å². The van der Waals surface area contributed by atoms with Gasteiger partial charge in [0.25, 0.3) is 5.69 Å². The Morgan fingerprint density at radius 3 is 2.42 bits per heavy atom. The number of nitro benzene ring substituents is 1. The van der Waals surface area contributed by atoms with Crippen molar-refractivity contribution in [1.82, 2.24) is 9.62 Å². The molecule has 0 bridgehead atoms. The van der Waals surface area contributed by atoms with Gasteiger partial charge in [0.15, 0.2) is 0 Å². The topological polar surface area (TPSA) is 130 Å². The summed E-state index contributed by atoms with van der Waals surface area (Å²) in [4.78, 5) is 22.5. The summed E-state index contributed by atoms with van der Waals surface area (Å²) < 4.78 is 27.1. The Morgan fingerprint density at radius 1 is 1.38 bits per heavy atom. The summed E-state index contributed by atoms with van der Waals surface area (Å²) in [7, 11) is -3.75. The molecule has 1 aliphatic carbocycles. The minimum atomic E-state index is -3.75.